The van der Waals surface area contributed by atoms with Gasteiger partial charge >= 0.3 is 0 Å². The van der Waals surface area contributed by atoms with Crippen molar-refractivity contribution in [1.82, 2.24) is 9.88 Å². The lowest BCUT2D eigenvalue weighted by Gasteiger charge is -2.42. The molecule has 0 aliphatic carbocycles. The number of hydrogen-bond acceptors (Lipinski definition) is 5. The predicted octanol–water partition coefficient (Wildman–Crippen LogP) is 4.62. The second-order valence-electron chi connectivity index (χ2n) is 9.38. The SMILES string of the molecule is OC(COc1ccc2ccccc2n1)CN1CCC(C(O)(c2ccccc2)c2ccccc2)CC1. The summed E-state index contributed by atoms with van der Waals surface area (Å²) in [5.41, 5.74) is 1.71. The third-order valence-electron chi connectivity index (χ3n) is 7.07. The highest BCUT2D eigenvalue weighted by Gasteiger charge is 2.41. The number of fused-ring (bicyclic) bond motifs is 1. The van der Waals surface area contributed by atoms with Gasteiger partial charge in [-0.1, -0.05) is 78.9 Å². The summed E-state index contributed by atoms with van der Waals surface area (Å²) in [5.74, 6) is 0.621. The van der Waals surface area contributed by atoms with Gasteiger partial charge in [-0.05, 0) is 55.1 Å². The highest BCUT2D eigenvalue weighted by Crippen LogP contribution is 2.41. The number of pyridine rings is 1. The Morgan fingerprint density at radius 3 is 2.09 bits per heavy atom. The van der Waals surface area contributed by atoms with Gasteiger partial charge in [-0.15, -0.1) is 0 Å². The average Bonchev–Trinajstić information content (AvgIpc) is 2.93. The number of aliphatic hydroxyl groups excluding tert-OH is 1. The number of ether oxygens (including phenoxy) is 1. The summed E-state index contributed by atoms with van der Waals surface area (Å²) in [7, 11) is 0. The fraction of sp³-hybridized carbons (Fsp3) is 0.300. The summed E-state index contributed by atoms with van der Waals surface area (Å²) in [5, 5.41) is 23.7. The zero-order chi connectivity index (χ0) is 24.1. The number of likely N-dealkylation sites (tertiary alicyclic amines) is 1. The standard InChI is InChI=1S/C30H32N2O3/c33-27(22-35-29-16-15-23-9-7-8-14-28(23)31-29)21-32-19-17-26(18-20-32)30(34,24-10-3-1-4-11-24)25-12-5-2-6-13-25/h1-16,26-27,33-34H,17-22H2. The molecular formula is C30H32N2O3. The molecule has 0 saturated carbocycles. The zero-order valence-electron chi connectivity index (χ0n) is 19.8. The molecule has 2 N–H and O–H groups in total. The molecule has 4 aromatic rings. The maximum absolute atomic E-state index is 12.0. The van der Waals surface area contributed by atoms with E-state index in [0.29, 0.717) is 12.4 Å². The van der Waals surface area contributed by atoms with E-state index in [-0.39, 0.29) is 12.5 Å². The lowest BCUT2D eigenvalue weighted by atomic mass is 9.72. The molecule has 1 fully saturated rings. The minimum atomic E-state index is -1.03. The van der Waals surface area contributed by atoms with Gasteiger partial charge in [-0.25, -0.2) is 4.98 Å². The number of nitrogens with zero attached hydrogens (tertiary/aromatic N) is 2. The minimum Gasteiger partial charge on any atom is -0.475 e. The number of rotatable bonds is 8. The maximum Gasteiger partial charge on any atom is 0.213 e. The molecule has 5 heteroatoms. The molecule has 1 aliphatic heterocycles. The van der Waals surface area contributed by atoms with Crippen LogP contribution in [0.1, 0.15) is 24.0 Å². The van der Waals surface area contributed by atoms with Gasteiger partial charge in [0.2, 0.25) is 5.88 Å². The number of piperidine rings is 1. The van der Waals surface area contributed by atoms with E-state index in [1.54, 1.807) is 0 Å². The van der Waals surface area contributed by atoms with Gasteiger partial charge in [0.25, 0.3) is 0 Å². The lowest BCUT2D eigenvalue weighted by molar-refractivity contribution is -0.0223. The highest BCUT2D eigenvalue weighted by molar-refractivity contribution is 5.78. The molecule has 0 amide bonds. The Bertz CT molecular complexity index is 1180. The molecule has 1 atom stereocenters. The maximum atomic E-state index is 12.0. The lowest BCUT2D eigenvalue weighted by Crippen LogP contribution is -2.46. The van der Waals surface area contributed by atoms with E-state index >= 15 is 0 Å². The molecule has 1 aromatic heterocycles. The summed E-state index contributed by atoms with van der Waals surface area (Å²) >= 11 is 0. The predicted molar refractivity (Wildman–Crippen MR) is 138 cm³/mol. The second-order valence-corrected chi connectivity index (χ2v) is 9.38. The van der Waals surface area contributed by atoms with Gasteiger partial charge in [0.05, 0.1) is 5.52 Å². The van der Waals surface area contributed by atoms with Crippen molar-refractivity contribution in [3.05, 3.63) is 108 Å². The van der Waals surface area contributed by atoms with Crippen molar-refractivity contribution in [2.75, 3.05) is 26.2 Å². The van der Waals surface area contributed by atoms with Gasteiger partial charge in [0, 0.05) is 18.0 Å². The van der Waals surface area contributed by atoms with Crippen molar-refractivity contribution >= 4 is 10.9 Å². The number of hydrogen-bond donors (Lipinski definition) is 2. The third-order valence-corrected chi connectivity index (χ3v) is 7.07. The Morgan fingerprint density at radius 2 is 1.43 bits per heavy atom. The Morgan fingerprint density at radius 1 is 0.829 bits per heavy atom. The van der Waals surface area contributed by atoms with Crippen molar-refractivity contribution in [3.8, 4) is 5.88 Å². The topological polar surface area (TPSA) is 65.8 Å². The van der Waals surface area contributed by atoms with E-state index in [1.165, 1.54) is 0 Å². The van der Waals surface area contributed by atoms with Gasteiger partial charge < -0.3 is 19.8 Å². The number of benzene rings is 3. The van der Waals surface area contributed by atoms with Gasteiger partial charge in [-0.3, -0.25) is 0 Å². The Hall–Kier alpha value is -3.25. The third kappa shape index (κ3) is 5.22. The van der Waals surface area contributed by atoms with Gasteiger partial charge in [-0.2, -0.15) is 0 Å². The molecule has 1 saturated heterocycles. The van der Waals surface area contributed by atoms with Gasteiger partial charge in [0.1, 0.15) is 18.3 Å². The van der Waals surface area contributed by atoms with Crippen LogP contribution in [-0.2, 0) is 5.60 Å². The molecule has 0 bridgehead atoms. The van der Waals surface area contributed by atoms with Crippen molar-refractivity contribution < 1.29 is 14.9 Å². The van der Waals surface area contributed by atoms with E-state index in [2.05, 4.69) is 9.88 Å². The smallest absolute Gasteiger partial charge is 0.213 e. The summed E-state index contributed by atoms with van der Waals surface area (Å²) in [6, 6.07) is 31.7. The molecular weight excluding hydrogens is 436 g/mol. The average molecular weight is 469 g/mol. The summed E-state index contributed by atoms with van der Waals surface area (Å²) < 4.78 is 5.78. The van der Waals surface area contributed by atoms with E-state index in [1.807, 2.05) is 97.1 Å². The molecule has 0 spiro atoms. The monoisotopic (exact) mass is 468 g/mol. The fourth-order valence-corrected chi connectivity index (χ4v) is 5.22. The number of aromatic nitrogens is 1. The second kappa shape index (κ2) is 10.6. The Labute approximate surface area is 206 Å². The first-order valence-electron chi connectivity index (χ1n) is 12.4. The highest BCUT2D eigenvalue weighted by atomic mass is 16.5. The van der Waals surface area contributed by atoms with Crippen molar-refractivity contribution in [2.24, 2.45) is 5.92 Å². The largest absolute Gasteiger partial charge is 0.475 e. The van der Waals surface area contributed by atoms with Crippen LogP contribution in [0, 0.1) is 5.92 Å². The normalized spacial score (nSPS) is 16.3. The molecule has 1 unspecified atom stereocenters. The van der Waals surface area contributed by atoms with E-state index in [0.717, 1.165) is 48.0 Å². The molecule has 5 rings (SSSR count). The van der Waals surface area contributed by atoms with Crippen LogP contribution in [-0.4, -0.2) is 52.4 Å². The molecule has 2 heterocycles. The van der Waals surface area contributed by atoms with E-state index < -0.39 is 11.7 Å². The molecule has 3 aromatic carbocycles. The van der Waals surface area contributed by atoms with Crippen LogP contribution in [0.25, 0.3) is 10.9 Å². The molecule has 180 valence electrons. The summed E-state index contributed by atoms with van der Waals surface area (Å²) in [6.07, 6.45) is 1.09. The Balaban J connectivity index is 1.19. The summed E-state index contributed by atoms with van der Waals surface area (Å²) in [6.45, 7) is 2.37. The molecule has 5 nitrogen and oxygen atoms in total. The molecule has 35 heavy (non-hydrogen) atoms. The van der Waals surface area contributed by atoms with Crippen LogP contribution >= 0.6 is 0 Å². The van der Waals surface area contributed by atoms with Crippen LogP contribution in [0.3, 0.4) is 0 Å². The van der Waals surface area contributed by atoms with Crippen LogP contribution in [0.2, 0.25) is 0 Å². The van der Waals surface area contributed by atoms with E-state index in [4.69, 9.17) is 4.74 Å². The fourth-order valence-electron chi connectivity index (χ4n) is 5.22. The number of para-hydroxylation sites is 1. The number of β-amino-alcohol motifs (C(OH)–C–C–N with tert-alkyl or cyclic N) is 1. The van der Waals surface area contributed by atoms with Crippen LogP contribution in [0.4, 0.5) is 0 Å². The quantitative estimate of drug-likeness (QED) is 0.395. The molecule has 1 aliphatic rings. The van der Waals surface area contributed by atoms with Crippen LogP contribution in [0.15, 0.2) is 97.1 Å². The van der Waals surface area contributed by atoms with Crippen LogP contribution in [0.5, 0.6) is 5.88 Å². The first kappa shape index (κ1) is 23.5. The minimum absolute atomic E-state index is 0.0961. The Kier molecular flexibility index (Phi) is 7.09. The molecule has 0 radical (unpaired) electrons. The first-order chi connectivity index (χ1) is 17.1. The first-order valence-corrected chi connectivity index (χ1v) is 12.4. The van der Waals surface area contributed by atoms with Gasteiger partial charge in [0.15, 0.2) is 0 Å². The van der Waals surface area contributed by atoms with Crippen molar-refractivity contribution in [2.45, 2.75) is 24.5 Å². The number of aliphatic hydroxyl groups is 2. The summed E-state index contributed by atoms with van der Waals surface area (Å²) in [4.78, 5) is 6.77. The van der Waals surface area contributed by atoms with E-state index in [9.17, 15) is 10.2 Å². The zero-order valence-corrected chi connectivity index (χ0v) is 19.8. The van der Waals surface area contributed by atoms with Crippen LogP contribution < -0.4 is 4.74 Å². The van der Waals surface area contributed by atoms with Crippen molar-refractivity contribution in [3.63, 3.8) is 0 Å². The van der Waals surface area contributed by atoms with Crippen molar-refractivity contribution in [1.29, 1.82) is 0 Å².